The summed E-state index contributed by atoms with van der Waals surface area (Å²) in [6.07, 6.45) is 4.82. The fourth-order valence-electron chi connectivity index (χ4n) is 2.24. The van der Waals surface area contributed by atoms with E-state index < -0.39 is 10.0 Å². The molecular formula is C13H27N3O3S. The molecule has 1 aliphatic rings. The summed E-state index contributed by atoms with van der Waals surface area (Å²) in [6.45, 7) is 3.41. The van der Waals surface area contributed by atoms with Crippen molar-refractivity contribution in [2.24, 2.45) is 0 Å². The lowest BCUT2D eigenvalue weighted by Crippen LogP contribution is -2.41. The minimum absolute atomic E-state index is 0.0968. The molecule has 1 fully saturated rings. The molecule has 1 amide bonds. The number of piperidine rings is 1. The lowest BCUT2D eigenvalue weighted by molar-refractivity contribution is -0.121. The van der Waals surface area contributed by atoms with Gasteiger partial charge < -0.3 is 10.6 Å². The molecule has 0 aromatic rings. The SMILES string of the molecule is CCCNC(=O)CN(C)S(=O)(=O)CCC1CCCCN1. The largest absolute Gasteiger partial charge is 0.355 e. The van der Waals surface area contributed by atoms with Gasteiger partial charge in [0.25, 0.3) is 0 Å². The van der Waals surface area contributed by atoms with E-state index in [1.54, 1.807) is 0 Å². The Bertz CT molecular complexity index is 392. The standard InChI is InChI=1S/C13H27N3O3S/c1-3-8-15-13(17)11-16(2)20(18,19)10-7-12-6-4-5-9-14-12/h12,14H,3-11H2,1-2H3,(H,15,17). The molecule has 0 saturated carbocycles. The fourth-order valence-corrected chi connectivity index (χ4v) is 3.45. The van der Waals surface area contributed by atoms with Gasteiger partial charge in [-0.15, -0.1) is 0 Å². The van der Waals surface area contributed by atoms with Gasteiger partial charge in [0.1, 0.15) is 0 Å². The molecule has 1 saturated heterocycles. The van der Waals surface area contributed by atoms with Crippen molar-refractivity contribution in [2.75, 3.05) is 32.4 Å². The maximum Gasteiger partial charge on any atom is 0.235 e. The zero-order valence-electron chi connectivity index (χ0n) is 12.5. The van der Waals surface area contributed by atoms with Crippen LogP contribution in [0.3, 0.4) is 0 Å². The summed E-state index contributed by atoms with van der Waals surface area (Å²) in [7, 11) is -1.88. The second-order valence-electron chi connectivity index (χ2n) is 5.36. The van der Waals surface area contributed by atoms with E-state index in [2.05, 4.69) is 10.6 Å². The van der Waals surface area contributed by atoms with Crippen LogP contribution in [0.4, 0.5) is 0 Å². The highest BCUT2D eigenvalue weighted by molar-refractivity contribution is 7.89. The summed E-state index contributed by atoms with van der Waals surface area (Å²) in [6, 6.07) is 0.292. The van der Waals surface area contributed by atoms with Crippen LogP contribution in [0.2, 0.25) is 0 Å². The van der Waals surface area contributed by atoms with Gasteiger partial charge >= 0.3 is 0 Å². The van der Waals surface area contributed by atoms with Crippen LogP contribution in [-0.2, 0) is 14.8 Å². The van der Waals surface area contributed by atoms with Gasteiger partial charge in [0, 0.05) is 19.6 Å². The van der Waals surface area contributed by atoms with Gasteiger partial charge in [0.15, 0.2) is 0 Å². The van der Waals surface area contributed by atoms with Crippen molar-refractivity contribution in [1.82, 2.24) is 14.9 Å². The van der Waals surface area contributed by atoms with E-state index in [1.807, 2.05) is 6.92 Å². The van der Waals surface area contributed by atoms with Crippen LogP contribution in [0.1, 0.15) is 39.0 Å². The molecule has 0 aliphatic carbocycles. The molecule has 1 aliphatic heterocycles. The molecule has 1 rings (SSSR count). The molecule has 0 bridgehead atoms. The number of sulfonamides is 1. The first kappa shape index (κ1) is 17.4. The average molecular weight is 305 g/mol. The molecule has 0 aromatic heterocycles. The summed E-state index contributed by atoms with van der Waals surface area (Å²) in [5.41, 5.74) is 0. The van der Waals surface area contributed by atoms with Crippen molar-refractivity contribution >= 4 is 15.9 Å². The van der Waals surface area contributed by atoms with E-state index in [0.29, 0.717) is 19.0 Å². The summed E-state index contributed by atoms with van der Waals surface area (Å²) >= 11 is 0. The van der Waals surface area contributed by atoms with Crippen LogP contribution in [0, 0.1) is 0 Å². The van der Waals surface area contributed by atoms with Crippen molar-refractivity contribution < 1.29 is 13.2 Å². The van der Waals surface area contributed by atoms with Crippen LogP contribution in [0.25, 0.3) is 0 Å². The number of nitrogens with one attached hydrogen (secondary N) is 2. The Kier molecular flexibility index (Phi) is 7.47. The number of hydrogen-bond acceptors (Lipinski definition) is 4. The smallest absolute Gasteiger partial charge is 0.235 e. The second-order valence-corrected chi connectivity index (χ2v) is 7.55. The molecule has 7 heteroatoms. The van der Waals surface area contributed by atoms with Gasteiger partial charge in [0.2, 0.25) is 15.9 Å². The Hall–Kier alpha value is -0.660. The van der Waals surface area contributed by atoms with Crippen molar-refractivity contribution in [1.29, 1.82) is 0 Å². The lowest BCUT2D eigenvalue weighted by atomic mass is 10.0. The first-order valence-corrected chi connectivity index (χ1v) is 9.00. The van der Waals surface area contributed by atoms with Gasteiger partial charge in [0.05, 0.1) is 12.3 Å². The number of nitrogens with zero attached hydrogens (tertiary/aromatic N) is 1. The average Bonchev–Trinajstić information content (AvgIpc) is 2.44. The summed E-state index contributed by atoms with van der Waals surface area (Å²) in [4.78, 5) is 11.5. The van der Waals surface area contributed by atoms with E-state index >= 15 is 0 Å². The fraction of sp³-hybridized carbons (Fsp3) is 0.923. The maximum atomic E-state index is 12.1. The molecule has 1 unspecified atom stereocenters. The summed E-state index contributed by atoms with van der Waals surface area (Å²) in [5.74, 6) is -0.143. The highest BCUT2D eigenvalue weighted by Crippen LogP contribution is 2.12. The van der Waals surface area contributed by atoms with Gasteiger partial charge in [-0.25, -0.2) is 8.42 Å². The maximum absolute atomic E-state index is 12.1. The minimum atomic E-state index is -3.35. The highest BCUT2D eigenvalue weighted by Gasteiger charge is 2.22. The number of likely N-dealkylation sites (N-methyl/N-ethyl adjacent to an activating group) is 1. The Morgan fingerprint density at radius 1 is 1.40 bits per heavy atom. The van der Waals surface area contributed by atoms with Gasteiger partial charge in [-0.2, -0.15) is 4.31 Å². The van der Waals surface area contributed by atoms with Crippen molar-refractivity contribution in [3.8, 4) is 0 Å². The predicted molar refractivity (Wildman–Crippen MR) is 80.0 cm³/mol. The molecule has 20 heavy (non-hydrogen) atoms. The van der Waals surface area contributed by atoms with Crippen LogP contribution in [-0.4, -0.2) is 57.1 Å². The molecule has 1 atom stereocenters. The van der Waals surface area contributed by atoms with Crippen LogP contribution < -0.4 is 10.6 Å². The topological polar surface area (TPSA) is 78.5 Å². The predicted octanol–water partition coefficient (Wildman–Crippen LogP) is 0.306. The minimum Gasteiger partial charge on any atom is -0.355 e. The monoisotopic (exact) mass is 305 g/mol. The van der Waals surface area contributed by atoms with Gasteiger partial charge in [-0.1, -0.05) is 13.3 Å². The normalized spacial score (nSPS) is 20.1. The highest BCUT2D eigenvalue weighted by atomic mass is 32.2. The Morgan fingerprint density at radius 2 is 2.15 bits per heavy atom. The summed E-state index contributed by atoms with van der Waals surface area (Å²) in [5, 5.41) is 6.02. The number of amides is 1. The van der Waals surface area contributed by atoms with Crippen LogP contribution >= 0.6 is 0 Å². The number of rotatable bonds is 8. The Balaban J connectivity index is 2.36. The first-order valence-electron chi connectivity index (χ1n) is 7.40. The third-order valence-corrected chi connectivity index (χ3v) is 5.38. The van der Waals surface area contributed by atoms with Gasteiger partial charge in [-0.3, -0.25) is 4.79 Å². The van der Waals surface area contributed by atoms with Crippen molar-refractivity contribution in [2.45, 2.75) is 45.1 Å². The molecule has 6 nitrogen and oxygen atoms in total. The molecule has 0 radical (unpaired) electrons. The summed E-state index contributed by atoms with van der Waals surface area (Å²) < 4.78 is 25.4. The van der Waals surface area contributed by atoms with Crippen molar-refractivity contribution in [3.63, 3.8) is 0 Å². The molecule has 118 valence electrons. The Morgan fingerprint density at radius 3 is 2.75 bits per heavy atom. The zero-order chi connectivity index (χ0) is 15.0. The van der Waals surface area contributed by atoms with Gasteiger partial charge in [-0.05, 0) is 32.2 Å². The molecular weight excluding hydrogens is 278 g/mol. The number of carbonyl (C=O) groups excluding carboxylic acids is 1. The molecule has 1 heterocycles. The van der Waals surface area contributed by atoms with E-state index in [0.717, 1.165) is 30.1 Å². The van der Waals surface area contributed by atoms with Crippen LogP contribution in [0.5, 0.6) is 0 Å². The second kappa shape index (κ2) is 8.59. The third kappa shape index (κ3) is 6.19. The quantitative estimate of drug-likeness (QED) is 0.676. The Labute approximate surface area is 122 Å². The van der Waals surface area contributed by atoms with E-state index in [-0.39, 0.29) is 18.2 Å². The molecule has 0 aromatic carbocycles. The zero-order valence-corrected chi connectivity index (χ0v) is 13.3. The molecule has 2 N–H and O–H groups in total. The van der Waals surface area contributed by atoms with E-state index in [9.17, 15) is 13.2 Å². The van der Waals surface area contributed by atoms with Crippen LogP contribution in [0.15, 0.2) is 0 Å². The van der Waals surface area contributed by atoms with E-state index in [1.165, 1.54) is 13.5 Å². The third-order valence-electron chi connectivity index (χ3n) is 3.55. The molecule has 0 spiro atoms. The number of hydrogen-bond donors (Lipinski definition) is 2. The number of carbonyl (C=O) groups is 1. The van der Waals surface area contributed by atoms with E-state index in [4.69, 9.17) is 0 Å². The van der Waals surface area contributed by atoms with Crippen molar-refractivity contribution in [3.05, 3.63) is 0 Å². The first-order chi connectivity index (χ1) is 9.45. The lowest BCUT2D eigenvalue weighted by Gasteiger charge is -2.24.